The minimum Gasteiger partial charge on any atom is -0.497 e. The van der Waals surface area contributed by atoms with E-state index in [2.05, 4.69) is 10.4 Å². The van der Waals surface area contributed by atoms with Crippen molar-refractivity contribution in [2.75, 3.05) is 18.2 Å². The van der Waals surface area contributed by atoms with E-state index in [1.807, 2.05) is 6.07 Å². The minimum atomic E-state index is -4.52. The molecule has 0 aliphatic carbocycles. The standard InChI is InChI=1S/C19H16F3N3O2S/c1-27-14-4-2-5-15(11-14)28-12-18(26)24-16-10-13(19(20,21)22)6-7-17(16)25-9-3-8-23-25/h2-11H,12H2,1H3,(H,24,26). The van der Waals surface area contributed by atoms with Crippen LogP contribution in [0.25, 0.3) is 5.69 Å². The Bertz CT molecular complexity index is 959. The number of rotatable bonds is 6. The van der Waals surface area contributed by atoms with Crippen molar-refractivity contribution in [1.29, 1.82) is 0 Å². The quantitative estimate of drug-likeness (QED) is 0.606. The number of methoxy groups -OCH3 is 1. The second kappa shape index (κ2) is 8.39. The van der Waals surface area contributed by atoms with Crippen LogP contribution in [0.15, 0.2) is 65.8 Å². The van der Waals surface area contributed by atoms with Crippen LogP contribution in [0.3, 0.4) is 0 Å². The number of benzene rings is 2. The summed E-state index contributed by atoms with van der Waals surface area (Å²) in [5.41, 5.74) is -0.466. The average Bonchev–Trinajstić information content (AvgIpc) is 3.20. The molecule has 0 unspecified atom stereocenters. The third kappa shape index (κ3) is 4.86. The van der Waals surface area contributed by atoms with Crippen LogP contribution in [0.4, 0.5) is 18.9 Å². The summed E-state index contributed by atoms with van der Waals surface area (Å²) in [7, 11) is 1.54. The molecule has 28 heavy (non-hydrogen) atoms. The molecule has 146 valence electrons. The van der Waals surface area contributed by atoms with Crippen LogP contribution >= 0.6 is 11.8 Å². The molecule has 0 saturated heterocycles. The topological polar surface area (TPSA) is 56.1 Å². The molecule has 1 aromatic heterocycles. The van der Waals surface area contributed by atoms with E-state index in [9.17, 15) is 18.0 Å². The highest BCUT2D eigenvalue weighted by Crippen LogP contribution is 2.33. The zero-order valence-corrected chi connectivity index (χ0v) is 15.6. The summed E-state index contributed by atoms with van der Waals surface area (Å²) in [6.07, 6.45) is -1.43. The SMILES string of the molecule is COc1cccc(SCC(=O)Nc2cc(C(F)(F)F)ccc2-n2cccn2)c1. The van der Waals surface area contributed by atoms with E-state index >= 15 is 0 Å². The number of ether oxygens (including phenoxy) is 1. The maximum absolute atomic E-state index is 13.1. The van der Waals surface area contributed by atoms with Gasteiger partial charge in [0.15, 0.2) is 0 Å². The van der Waals surface area contributed by atoms with Gasteiger partial charge in [0.2, 0.25) is 5.91 Å². The summed E-state index contributed by atoms with van der Waals surface area (Å²) in [4.78, 5) is 13.2. The molecule has 0 fully saturated rings. The molecule has 1 amide bonds. The minimum absolute atomic E-state index is 0.0297. The van der Waals surface area contributed by atoms with Crippen molar-refractivity contribution in [3.05, 3.63) is 66.5 Å². The van der Waals surface area contributed by atoms with Crippen molar-refractivity contribution in [2.24, 2.45) is 0 Å². The second-order valence-electron chi connectivity index (χ2n) is 5.70. The zero-order valence-electron chi connectivity index (χ0n) is 14.7. The fourth-order valence-corrected chi connectivity index (χ4v) is 3.19. The van der Waals surface area contributed by atoms with Crippen LogP contribution in [0.5, 0.6) is 5.75 Å². The fraction of sp³-hybridized carbons (Fsp3) is 0.158. The van der Waals surface area contributed by atoms with Gasteiger partial charge >= 0.3 is 6.18 Å². The highest BCUT2D eigenvalue weighted by Gasteiger charge is 2.31. The molecule has 5 nitrogen and oxygen atoms in total. The van der Waals surface area contributed by atoms with Crippen LogP contribution in [0.2, 0.25) is 0 Å². The van der Waals surface area contributed by atoms with E-state index < -0.39 is 17.6 Å². The van der Waals surface area contributed by atoms with Gasteiger partial charge in [-0.15, -0.1) is 11.8 Å². The Morgan fingerprint density at radius 1 is 1.21 bits per heavy atom. The molecule has 3 rings (SSSR count). The Balaban J connectivity index is 1.78. The van der Waals surface area contributed by atoms with E-state index in [-0.39, 0.29) is 11.4 Å². The number of thioether (sulfide) groups is 1. The number of halogens is 3. The van der Waals surface area contributed by atoms with Crippen molar-refractivity contribution >= 4 is 23.4 Å². The summed E-state index contributed by atoms with van der Waals surface area (Å²) in [6.45, 7) is 0. The van der Waals surface area contributed by atoms with Crippen molar-refractivity contribution in [1.82, 2.24) is 9.78 Å². The first-order chi connectivity index (χ1) is 13.4. The van der Waals surface area contributed by atoms with Crippen LogP contribution in [-0.2, 0) is 11.0 Å². The lowest BCUT2D eigenvalue weighted by Gasteiger charge is -2.14. The molecule has 0 atom stereocenters. The van der Waals surface area contributed by atoms with Gasteiger partial charge in [-0.2, -0.15) is 18.3 Å². The highest BCUT2D eigenvalue weighted by molar-refractivity contribution is 8.00. The zero-order chi connectivity index (χ0) is 20.1. The van der Waals surface area contributed by atoms with E-state index in [1.165, 1.54) is 28.7 Å². The van der Waals surface area contributed by atoms with Gasteiger partial charge in [-0.1, -0.05) is 6.07 Å². The molecule has 9 heteroatoms. The maximum atomic E-state index is 13.1. The first kappa shape index (κ1) is 19.8. The molecule has 0 aliphatic heterocycles. The molecule has 0 saturated carbocycles. The number of aromatic nitrogens is 2. The van der Waals surface area contributed by atoms with E-state index in [0.717, 1.165) is 17.0 Å². The number of amides is 1. The van der Waals surface area contributed by atoms with Crippen LogP contribution in [0.1, 0.15) is 5.56 Å². The second-order valence-corrected chi connectivity index (χ2v) is 6.74. The van der Waals surface area contributed by atoms with Crippen molar-refractivity contribution in [3.63, 3.8) is 0 Å². The fourth-order valence-electron chi connectivity index (χ4n) is 2.45. The number of carbonyl (C=O) groups excluding carboxylic acids is 1. The largest absolute Gasteiger partial charge is 0.497 e. The number of hydrogen-bond donors (Lipinski definition) is 1. The maximum Gasteiger partial charge on any atom is 0.416 e. The lowest BCUT2D eigenvalue weighted by atomic mass is 10.1. The third-order valence-corrected chi connectivity index (χ3v) is 4.75. The number of alkyl halides is 3. The summed E-state index contributed by atoms with van der Waals surface area (Å²) < 4.78 is 45.7. The Labute approximate surface area is 163 Å². The summed E-state index contributed by atoms with van der Waals surface area (Å²) in [6, 6.07) is 12.0. The van der Waals surface area contributed by atoms with Gasteiger partial charge in [0.1, 0.15) is 5.75 Å². The lowest BCUT2D eigenvalue weighted by Crippen LogP contribution is -2.17. The molecule has 0 bridgehead atoms. The van der Waals surface area contributed by atoms with Gasteiger partial charge in [-0.05, 0) is 42.5 Å². The van der Waals surface area contributed by atoms with E-state index in [0.29, 0.717) is 11.4 Å². The van der Waals surface area contributed by atoms with Crippen LogP contribution in [-0.4, -0.2) is 28.6 Å². The van der Waals surface area contributed by atoms with Gasteiger partial charge in [-0.25, -0.2) is 4.68 Å². The monoisotopic (exact) mass is 407 g/mol. The predicted molar refractivity (Wildman–Crippen MR) is 101 cm³/mol. The molecule has 2 aromatic carbocycles. The molecular weight excluding hydrogens is 391 g/mol. The Morgan fingerprint density at radius 2 is 2.04 bits per heavy atom. The lowest BCUT2D eigenvalue weighted by molar-refractivity contribution is -0.137. The van der Waals surface area contributed by atoms with Crippen molar-refractivity contribution in [2.45, 2.75) is 11.1 Å². The smallest absolute Gasteiger partial charge is 0.416 e. The molecule has 3 aromatic rings. The van der Waals surface area contributed by atoms with Gasteiger partial charge in [0.05, 0.1) is 29.8 Å². The average molecular weight is 407 g/mol. The number of nitrogens with zero attached hydrogens (tertiary/aromatic N) is 2. The van der Waals surface area contributed by atoms with Gasteiger partial charge in [-0.3, -0.25) is 4.79 Å². The molecule has 1 N–H and O–H groups in total. The first-order valence-corrected chi connectivity index (χ1v) is 9.13. The van der Waals surface area contributed by atoms with Gasteiger partial charge < -0.3 is 10.1 Å². The normalized spacial score (nSPS) is 11.3. The highest BCUT2D eigenvalue weighted by atomic mass is 32.2. The van der Waals surface area contributed by atoms with E-state index in [4.69, 9.17) is 4.74 Å². The van der Waals surface area contributed by atoms with Crippen molar-refractivity contribution in [3.8, 4) is 11.4 Å². The number of nitrogens with one attached hydrogen (secondary N) is 1. The van der Waals surface area contributed by atoms with Crippen LogP contribution in [0, 0.1) is 0 Å². The third-order valence-electron chi connectivity index (χ3n) is 3.76. The Kier molecular flexibility index (Phi) is 5.93. The molecule has 0 radical (unpaired) electrons. The van der Waals surface area contributed by atoms with Crippen LogP contribution < -0.4 is 10.1 Å². The van der Waals surface area contributed by atoms with Gasteiger partial charge in [0, 0.05) is 17.3 Å². The number of anilines is 1. The summed E-state index contributed by atoms with van der Waals surface area (Å²) in [5.74, 6) is 0.256. The molecule has 0 aliphatic rings. The van der Waals surface area contributed by atoms with Crippen molar-refractivity contribution < 1.29 is 22.7 Å². The Morgan fingerprint density at radius 3 is 2.71 bits per heavy atom. The Hall–Kier alpha value is -2.94. The predicted octanol–water partition coefficient (Wildman–Crippen LogP) is 4.63. The van der Waals surface area contributed by atoms with E-state index in [1.54, 1.807) is 37.6 Å². The molecule has 0 spiro atoms. The van der Waals surface area contributed by atoms with Gasteiger partial charge in [0.25, 0.3) is 0 Å². The molecular formula is C19H16F3N3O2S. The first-order valence-electron chi connectivity index (χ1n) is 8.15. The summed E-state index contributed by atoms with van der Waals surface area (Å²) >= 11 is 1.25. The molecule has 1 heterocycles. The number of carbonyl (C=O) groups is 1. The summed E-state index contributed by atoms with van der Waals surface area (Å²) in [5, 5.41) is 6.58. The number of hydrogen-bond acceptors (Lipinski definition) is 4.